The molecule has 0 atom stereocenters. The zero-order valence-electron chi connectivity index (χ0n) is 77.4. The lowest BCUT2D eigenvalue weighted by Gasteiger charge is -2.11. The summed E-state index contributed by atoms with van der Waals surface area (Å²) < 4.78 is 41.8. The molecule has 0 saturated heterocycles. The number of aliphatic hydroxyl groups excluding tert-OH is 1. The maximum absolute atomic E-state index is 12.8. The van der Waals surface area contributed by atoms with Gasteiger partial charge in [-0.05, 0) is 264 Å². The van der Waals surface area contributed by atoms with Crippen molar-refractivity contribution in [2.45, 2.75) is 6.61 Å². The molecule has 141 heavy (non-hydrogen) atoms. The van der Waals surface area contributed by atoms with Crippen LogP contribution in [-0.2, 0) is 6.61 Å². The Morgan fingerprint density at radius 3 is 0.887 bits per heavy atom. The van der Waals surface area contributed by atoms with Crippen LogP contribution in [0.2, 0.25) is 15.1 Å². The van der Waals surface area contributed by atoms with Crippen molar-refractivity contribution >= 4 is 169 Å². The first-order chi connectivity index (χ1) is 68.4. The van der Waals surface area contributed by atoms with Crippen molar-refractivity contribution in [1.82, 2.24) is 24.9 Å². The van der Waals surface area contributed by atoms with E-state index in [9.17, 15) is 34.1 Å². The van der Waals surface area contributed by atoms with E-state index in [4.69, 9.17) is 89.3 Å². The van der Waals surface area contributed by atoms with E-state index in [1.54, 1.807) is 294 Å². The second-order valence-electron chi connectivity index (χ2n) is 29.6. The van der Waals surface area contributed by atoms with Gasteiger partial charge in [0.2, 0.25) is 0 Å². The van der Waals surface area contributed by atoms with E-state index < -0.39 is 4.92 Å². The van der Waals surface area contributed by atoms with Crippen molar-refractivity contribution in [2.75, 3.05) is 94.9 Å². The van der Waals surface area contributed by atoms with Gasteiger partial charge in [0.25, 0.3) is 5.69 Å². The van der Waals surface area contributed by atoms with Crippen molar-refractivity contribution in [3.05, 3.63) is 421 Å². The number of hydrogen-bond donors (Lipinski definition) is 8. The maximum Gasteiger partial charge on any atom is 0.269 e. The monoisotopic (exact) mass is 1950 g/mol. The minimum Gasteiger partial charge on any atom is -0.495 e. The number of ether oxygens (including phenoxy) is 8. The quantitative estimate of drug-likeness (QED) is 0.00601. The van der Waals surface area contributed by atoms with Crippen LogP contribution in [0.5, 0.6) is 46.0 Å². The summed E-state index contributed by atoms with van der Waals surface area (Å²) in [5.41, 5.74) is 23.4. The number of anilines is 12. The highest BCUT2D eigenvalue weighted by atomic mass is 35.5. The number of nitrogens with zero attached hydrogens (tertiary/aromatic N) is 6. The molecule has 5 heterocycles. The first-order valence-electron chi connectivity index (χ1n) is 42.9. The average Bonchev–Trinajstić information content (AvgIpc) is 0.834. The van der Waals surface area contributed by atoms with Gasteiger partial charge in [-0.15, -0.1) is 0 Å². The lowest BCUT2D eigenvalue weighted by molar-refractivity contribution is -0.384. The van der Waals surface area contributed by atoms with Crippen LogP contribution < -0.4 is 75.9 Å². The molecule has 0 amide bonds. The summed E-state index contributed by atoms with van der Waals surface area (Å²) in [6.07, 6.45) is 24.0. The third-order valence-corrected chi connectivity index (χ3v) is 21.1. The predicted molar refractivity (Wildman–Crippen MR) is 558 cm³/mol. The molecular weight excluding hydrogens is 1850 g/mol. The molecule has 0 bridgehead atoms. The van der Waals surface area contributed by atoms with Gasteiger partial charge in [-0.25, -0.2) is 24.9 Å². The second-order valence-corrected chi connectivity index (χ2v) is 30.9. The molecule has 0 aliphatic rings. The van der Waals surface area contributed by atoms with E-state index in [0.29, 0.717) is 141 Å². The van der Waals surface area contributed by atoms with E-state index >= 15 is 0 Å². The minimum absolute atomic E-state index is 0.0178. The molecule has 15 aromatic rings. The van der Waals surface area contributed by atoms with E-state index in [1.807, 2.05) is 84.9 Å². The molecule has 0 unspecified atom stereocenters. The number of nitro benzene ring substituents is 1. The molecule has 0 aliphatic heterocycles. The fourth-order valence-corrected chi connectivity index (χ4v) is 13.7. The van der Waals surface area contributed by atoms with Crippen LogP contribution in [0.1, 0.15) is 85.2 Å². The molecule has 10 aromatic carbocycles. The zero-order chi connectivity index (χ0) is 101. The number of para-hydroxylation sites is 1. The summed E-state index contributed by atoms with van der Waals surface area (Å²) in [6.45, 7) is -0.0196. The number of ketones is 5. The van der Waals surface area contributed by atoms with Gasteiger partial charge >= 0.3 is 0 Å². The fourth-order valence-electron chi connectivity index (χ4n) is 13.1. The van der Waals surface area contributed by atoms with E-state index in [1.165, 1.54) is 42.5 Å². The van der Waals surface area contributed by atoms with E-state index in [0.717, 1.165) is 50.4 Å². The molecule has 29 nitrogen and oxygen atoms in total. The smallest absolute Gasteiger partial charge is 0.269 e. The number of carbonyl (C=O) groups is 5. The molecule has 5 aromatic heterocycles. The number of carbonyl (C=O) groups excluding carboxylic acids is 5. The van der Waals surface area contributed by atoms with Crippen LogP contribution in [-0.4, -0.2) is 121 Å². The molecule has 0 aliphatic carbocycles. The third kappa shape index (κ3) is 30.6. The zero-order valence-corrected chi connectivity index (χ0v) is 79.7. The predicted octanol–water partition coefficient (Wildman–Crippen LogP) is 24.2. The Bertz CT molecular complexity index is 7040. The average molecular weight is 1950 g/mol. The lowest BCUT2D eigenvalue weighted by atomic mass is 10.1. The number of nitrogens with two attached hydrogens (primary N) is 2. The van der Waals surface area contributed by atoms with Crippen molar-refractivity contribution in [3.8, 4) is 46.0 Å². The number of methoxy groups -OCH3 is 8. The van der Waals surface area contributed by atoms with Crippen molar-refractivity contribution in [1.29, 1.82) is 0 Å². The Balaban J connectivity index is 0.000000169. The first-order valence-corrected chi connectivity index (χ1v) is 44.0. The number of hydrogen-bond acceptors (Lipinski definition) is 28. The van der Waals surface area contributed by atoms with Gasteiger partial charge in [-0.2, -0.15) is 0 Å². The van der Waals surface area contributed by atoms with Gasteiger partial charge < -0.3 is 81.1 Å². The Morgan fingerprint density at radius 2 is 0.596 bits per heavy atom. The number of benzene rings is 10. The summed E-state index contributed by atoms with van der Waals surface area (Å²) in [7, 11) is 12.5. The highest BCUT2D eigenvalue weighted by molar-refractivity contribution is 6.36. The maximum atomic E-state index is 12.8. The Morgan fingerprint density at radius 1 is 0.319 bits per heavy atom. The largest absolute Gasteiger partial charge is 0.495 e. The first kappa shape index (κ1) is 104. The second kappa shape index (κ2) is 52.9. The summed E-state index contributed by atoms with van der Waals surface area (Å²) >= 11 is 18.1. The normalized spacial score (nSPS) is 10.7. The number of aliphatic hydroxyl groups is 1. The van der Waals surface area contributed by atoms with Crippen LogP contribution in [0, 0.1) is 10.1 Å². The topological polar surface area (TPSA) is 399 Å². The third-order valence-electron chi connectivity index (χ3n) is 20.3. The lowest BCUT2D eigenvalue weighted by Crippen LogP contribution is -2.03. The summed E-state index contributed by atoms with van der Waals surface area (Å²) in [4.78, 5) is 95.2. The molecule has 10 N–H and O–H groups in total. The van der Waals surface area contributed by atoms with Crippen LogP contribution in [0.4, 0.5) is 74.6 Å². The summed E-state index contributed by atoms with van der Waals surface area (Å²) in [6, 6.07) is 78.9. The molecule has 0 spiro atoms. The molecule has 0 radical (unpaired) electrons. The molecule has 32 heteroatoms. The van der Waals surface area contributed by atoms with Gasteiger partial charge in [0, 0.05) is 75.9 Å². The fraction of sp³-hybridized carbons (Fsp3) is 0.0826. The molecular formula is C109H96Cl3N13O16. The molecule has 0 fully saturated rings. The Labute approximate surface area is 828 Å². The number of halogens is 3. The minimum atomic E-state index is -0.474. The number of non-ortho nitro benzene ring substituents is 1. The number of allylic oxidation sites excluding steroid dienone is 5. The number of pyridine rings is 5. The number of nitrogens with one attached hydrogen (secondary N) is 5. The van der Waals surface area contributed by atoms with Crippen molar-refractivity contribution in [3.63, 3.8) is 0 Å². The highest BCUT2D eigenvalue weighted by Gasteiger charge is 2.19. The number of aromatic nitrogens is 5. The number of nitro groups is 1. The molecule has 15 rings (SSSR count). The number of nitrogen functional groups attached to an aromatic ring is 2. The van der Waals surface area contributed by atoms with Gasteiger partial charge in [0.15, 0.2) is 63.4 Å². The number of rotatable bonds is 35. The summed E-state index contributed by atoms with van der Waals surface area (Å²) in [5.74, 6) is 6.06. The van der Waals surface area contributed by atoms with Gasteiger partial charge in [-0.1, -0.05) is 126 Å². The molecule has 0 saturated carbocycles. The Kier molecular flexibility index (Phi) is 38.9. The van der Waals surface area contributed by atoms with Gasteiger partial charge in [-0.3, -0.25) is 34.1 Å². The Hall–Kier alpha value is -17.8. The van der Waals surface area contributed by atoms with Crippen LogP contribution in [0.15, 0.2) is 334 Å². The van der Waals surface area contributed by atoms with Crippen molar-refractivity contribution < 1.29 is 71.9 Å². The van der Waals surface area contributed by atoms with Crippen LogP contribution in [0.3, 0.4) is 0 Å². The standard InChI is InChI=1S/C22H18Cl2N2O3.C22H19ClN2O3.C22H19N3O5.C22H21N3O3.C21H19N3O2/c1-28-20-10-6-14(12-21(20)29-2)5-9-19(27)16-4-3-11-25-22(16)26-18-8-7-15(23)13-17(18)24;1-27-20-12-6-15(14-21(20)28-2)5-11-19(26)18-4-3-13-24-22(18)25-17-9-7-16(23)8-10-17;1-29-20-12-6-15(14-21(20)30-2)5-11-19(26)18-4-3-13-23-22(18)24-16-7-9-17(10-8-16)25(27)28;1-28-21-11-7-15(13-19(21)23)6-10-20(27)18-3-2-12-24-22(18)25-17-8-4-16(14-26)5-9-17;1-26-20-12-10-15(14-18(20)22)9-11-19(25)17-8-5-13-23-21(17)24-16-6-3-2-4-7-16/h3-13H,1-2H3,(H,25,26);3-14H,1-2H3,(H,24,25);3-14H,1-2H3,(H,23,24);2-13,26H,14,23H2,1H3,(H,24,25);2-14H,22H2,1H3,(H,23,24)/b9-5+;2*11-5+;10-6+;11-9+. The van der Waals surface area contributed by atoms with Crippen LogP contribution in [0.25, 0.3) is 30.4 Å². The summed E-state index contributed by atoms with van der Waals surface area (Å²) in [5, 5.41) is 37.1. The SMILES string of the molecule is COc1ccc(/C=C/C(=O)c2cccnc2Nc2ccc(CO)cc2)cc1N.COc1ccc(/C=C/C(=O)c2cccnc2Nc2ccc(Cl)cc2)cc1OC.COc1ccc(/C=C/C(=O)c2cccnc2Nc2ccc(Cl)cc2Cl)cc1OC.COc1ccc(/C=C/C(=O)c2cccnc2Nc2ccc([N+](=O)[O-])cc2)cc1OC.COc1ccc(/C=C/C(=O)c2cccnc2Nc2ccccc2)cc1N. The van der Waals surface area contributed by atoms with E-state index in [-0.39, 0.29) is 41.2 Å². The van der Waals surface area contributed by atoms with Gasteiger partial charge in [0.05, 0.1) is 118 Å². The van der Waals surface area contributed by atoms with Crippen LogP contribution >= 0.6 is 34.8 Å². The molecule has 714 valence electrons. The highest BCUT2D eigenvalue weighted by Crippen LogP contribution is 2.36. The van der Waals surface area contributed by atoms with Crippen molar-refractivity contribution in [2.24, 2.45) is 0 Å². The van der Waals surface area contributed by atoms with E-state index in [2.05, 4.69) is 51.5 Å². The van der Waals surface area contributed by atoms with Gasteiger partial charge in [0.1, 0.15) is 40.6 Å².